The maximum Gasteiger partial charge on any atom is 0.314 e. The van der Waals surface area contributed by atoms with Crippen molar-refractivity contribution in [2.75, 3.05) is 31.5 Å². The highest BCUT2D eigenvalue weighted by molar-refractivity contribution is 6.04. The molecule has 2 heterocycles. The number of amides is 2. The van der Waals surface area contributed by atoms with Crippen molar-refractivity contribution in [2.45, 2.75) is 39.0 Å². The fraction of sp³-hybridized carbons (Fsp3) is 0.414. The first-order valence-electron chi connectivity index (χ1n) is 12.9. The third-order valence-corrected chi connectivity index (χ3v) is 7.58. The summed E-state index contributed by atoms with van der Waals surface area (Å²) in [6, 6.07) is 6.63. The number of rotatable bonds is 9. The van der Waals surface area contributed by atoms with E-state index in [2.05, 4.69) is 11.9 Å². The van der Waals surface area contributed by atoms with Crippen LogP contribution < -0.4 is 5.32 Å². The van der Waals surface area contributed by atoms with Crippen LogP contribution in [0.2, 0.25) is 0 Å². The minimum atomic E-state index is -3.79. The van der Waals surface area contributed by atoms with Crippen molar-refractivity contribution in [3.05, 3.63) is 77.0 Å². The van der Waals surface area contributed by atoms with Gasteiger partial charge in [0.1, 0.15) is 17.4 Å². The number of Topliss-reactive ketones (excluding diaryl/α,β-unsaturated/α-hetero) is 1. The Labute approximate surface area is 224 Å². The Morgan fingerprint density at radius 2 is 1.56 bits per heavy atom. The molecule has 2 saturated heterocycles. The van der Waals surface area contributed by atoms with Crippen LogP contribution in [0.25, 0.3) is 0 Å². The van der Waals surface area contributed by atoms with Gasteiger partial charge in [0.25, 0.3) is 5.91 Å². The molecule has 2 aromatic rings. The molecule has 2 atom stereocenters. The van der Waals surface area contributed by atoms with Gasteiger partial charge in [0.15, 0.2) is 0 Å². The summed E-state index contributed by atoms with van der Waals surface area (Å²) >= 11 is 0. The lowest BCUT2D eigenvalue weighted by Crippen LogP contribution is -2.36. The molecule has 2 aliphatic heterocycles. The van der Waals surface area contributed by atoms with E-state index in [0.717, 1.165) is 18.2 Å². The van der Waals surface area contributed by atoms with Gasteiger partial charge in [0, 0.05) is 68.5 Å². The molecule has 0 saturated carbocycles. The van der Waals surface area contributed by atoms with Crippen LogP contribution in [0.4, 0.5) is 23.2 Å². The van der Waals surface area contributed by atoms with Crippen LogP contribution in [-0.2, 0) is 15.5 Å². The van der Waals surface area contributed by atoms with Crippen LogP contribution in [0.15, 0.2) is 48.7 Å². The van der Waals surface area contributed by atoms with Gasteiger partial charge in [0.2, 0.25) is 5.91 Å². The molecule has 10 heteroatoms. The minimum absolute atomic E-state index is 0.0202. The first-order chi connectivity index (χ1) is 18.4. The van der Waals surface area contributed by atoms with E-state index < -0.39 is 34.7 Å². The van der Waals surface area contributed by atoms with Gasteiger partial charge in [-0.3, -0.25) is 14.4 Å². The summed E-state index contributed by atoms with van der Waals surface area (Å²) in [4.78, 5) is 39.8. The molecule has 39 heavy (non-hydrogen) atoms. The smallest absolute Gasteiger partial charge is 0.314 e. The molecular formula is C29H31F4N3O3. The number of nitrogens with zero attached hydrogens (tertiary/aromatic N) is 2. The number of halogens is 4. The number of alkyl halides is 2. The van der Waals surface area contributed by atoms with Crippen molar-refractivity contribution in [2.24, 2.45) is 11.8 Å². The summed E-state index contributed by atoms with van der Waals surface area (Å²) in [6.45, 7) is 8.14. The van der Waals surface area contributed by atoms with E-state index in [9.17, 15) is 23.2 Å². The molecule has 2 aliphatic rings. The van der Waals surface area contributed by atoms with E-state index in [1.165, 1.54) is 30.0 Å². The first kappa shape index (κ1) is 28.3. The van der Waals surface area contributed by atoms with Gasteiger partial charge < -0.3 is 15.1 Å². The molecule has 1 N–H and O–H groups in total. The maximum absolute atomic E-state index is 15.6. The number of anilines is 1. The zero-order chi connectivity index (χ0) is 28.5. The SMILES string of the molecule is C=C(N1CC2CN(C(=O)CCC(=O)CC)CC2C1)C(F)(F)c1cc(C(=O)Nc2ccc(F)c(C)c2)ccc1F. The molecular weight excluding hydrogens is 514 g/mol. The van der Waals surface area contributed by atoms with E-state index in [-0.39, 0.29) is 60.7 Å². The number of benzene rings is 2. The highest BCUT2D eigenvalue weighted by Crippen LogP contribution is 2.42. The lowest BCUT2D eigenvalue weighted by atomic mass is 10.0. The largest absolute Gasteiger partial charge is 0.369 e. The molecule has 0 spiro atoms. The van der Waals surface area contributed by atoms with Gasteiger partial charge in [-0.15, -0.1) is 0 Å². The molecule has 2 unspecified atom stereocenters. The number of nitrogens with one attached hydrogen (secondary N) is 1. The molecule has 2 aromatic carbocycles. The summed E-state index contributed by atoms with van der Waals surface area (Å²) in [6.07, 6.45) is 0.721. The van der Waals surface area contributed by atoms with Crippen molar-refractivity contribution in [3.8, 4) is 0 Å². The Balaban J connectivity index is 1.42. The summed E-state index contributed by atoms with van der Waals surface area (Å²) in [7, 11) is 0. The zero-order valence-corrected chi connectivity index (χ0v) is 21.9. The van der Waals surface area contributed by atoms with Crippen molar-refractivity contribution in [1.82, 2.24) is 9.80 Å². The lowest BCUT2D eigenvalue weighted by molar-refractivity contribution is -0.132. The standard InChI is InChI=1S/C29H31F4N3O3/c1-4-23(37)7-10-27(38)36-15-20-13-35(14-21(20)16-36)18(3)29(32,33)24-12-19(5-8-26(24)31)28(39)34-22-6-9-25(30)17(2)11-22/h5-6,8-9,11-12,20-21H,3-4,7,10,13-16H2,1-2H3,(H,34,39). The van der Waals surface area contributed by atoms with Gasteiger partial charge in [-0.2, -0.15) is 8.78 Å². The van der Waals surface area contributed by atoms with Crippen molar-refractivity contribution in [3.63, 3.8) is 0 Å². The Bertz CT molecular complexity index is 1300. The summed E-state index contributed by atoms with van der Waals surface area (Å²) < 4.78 is 59.3. The molecule has 0 aliphatic carbocycles. The average molecular weight is 546 g/mol. The second-order valence-corrected chi connectivity index (χ2v) is 10.2. The second kappa shape index (κ2) is 11.2. The Hall–Kier alpha value is -3.69. The normalized spacial score (nSPS) is 18.7. The number of carbonyl (C=O) groups excluding carboxylic acids is 3. The molecule has 2 amide bonds. The monoisotopic (exact) mass is 545 g/mol. The molecule has 0 bridgehead atoms. The van der Waals surface area contributed by atoms with Gasteiger partial charge in [-0.1, -0.05) is 13.5 Å². The van der Waals surface area contributed by atoms with Gasteiger partial charge >= 0.3 is 5.92 Å². The van der Waals surface area contributed by atoms with Crippen LogP contribution in [-0.4, -0.2) is 53.6 Å². The fourth-order valence-electron chi connectivity index (χ4n) is 5.19. The molecule has 2 fully saturated rings. The maximum atomic E-state index is 15.6. The highest BCUT2D eigenvalue weighted by Gasteiger charge is 2.47. The van der Waals surface area contributed by atoms with Crippen LogP contribution in [0.1, 0.15) is 47.7 Å². The number of aryl methyl sites for hydroxylation is 1. The number of likely N-dealkylation sites (tertiary alicyclic amines) is 2. The predicted octanol–water partition coefficient (Wildman–Crippen LogP) is 5.28. The van der Waals surface area contributed by atoms with E-state index in [1.54, 1.807) is 11.8 Å². The van der Waals surface area contributed by atoms with Crippen LogP contribution in [0.5, 0.6) is 0 Å². The number of fused-ring (bicyclic) bond motifs is 1. The number of ketones is 1. The van der Waals surface area contributed by atoms with Crippen molar-refractivity contribution < 1.29 is 31.9 Å². The lowest BCUT2D eigenvalue weighted by Gasteiger charge is -2.30. The number of hydrogen-bond acceptors (Lipinski definition) is 4. The molecule has 208 valence electrons. The van der Waals surface area contributed by atoms with E-state index in [1.807, 2.05) is 0 Å². The number of carbonyl (C=O) groups is 3. The highest BCUT2D eigenvalue weighted by atomic mass is 19.3. The van der Waals surface area contributed by atoms with Gasteiger partial charge in [-0.25, -0.2) is 8.78 Å². The fourth-order valence-corrected chi connectivity index (χ4v) is 5.19. The third kappa shape index (κ3) is 5.99. The van der Waals surface area contributed by atoms with Gasteiger partial charge in [-0.05, 0) is 48.9 Å². The first-order valence-corrected chi connectivity index (χ1v) is 12.9. The molecule has 0 radical (unpaired) electrons. The van der Waals surface area contributed by atoms with E-state index in [4.69, 9.17) is 0 Å². The zero-order valence-electron chi connectivity index (χ0n) is 21.9. The second-order valence-electron chi connectivity index (χ2n) is 10.2. The third-order valence-electron chi connectivity index (χ3n) is 7.58. The van der Waals surface area contributed by atoms with Crippen molar-refractivity contribution in [1.29, 1.82) is 0 Å². The van der Waals surface area contributed by atoms with E-state index >= 15 is 8.78 Å². The molecule has 0 aromatic heterocycles. The predicted molar refractivity (Wildman–Crippen MR) is 138 cm³/mol. The topological polar surface area (TPSA) is 69.7 Å². The summed E-state index contributed by atoms with van der Waals surface area (Å²) in [5.41, 5.74) is -1.16. The van der Waals surface area contributed by atoms with Gasteiger partial charge in [0.05, 0.1) is 11.3 Å². The van der Waals surface area contributed by atoms with Crippen LogP contribution in [0, 0.1) is 30.4 Å². The Morgan fingerprint density at radius 1 is 0.949 bits per heavy atom. The Kier molecular flexibility index (Phi) is 8.13. The quantitative estimate of drug-likeness (QED) is 0.436. The Morgan fingerprint density at radius 3 is 2.18 bits per heavy atom. The van der Waals surface area contributed by atoms with Crippen molar-refractivity contribution >= 4 is 23.3 Å². The average Bonchev–Trinajstić information content (AvgIpc) is 3.48. The molecule has 6 nitrogen and oxygen atoms in total. The van der Waals surface area contributed by atoms with Crippen LogP contribution >= 0.6 is 0 Å². The van der Waals surface area contributed by atoms with E-state index in [0.29, 0.717) is 25.1 Å². The molecule has 4 rings (SSSR count). The number of hydrogen-bond donors (Lipinski definition) is 1. The summed E-state index contributed by atoms with van der Waals surface area (Å²) in [5, 5.41) is 2.51. The number of allylic oxidation sites excluding steroid dienone is 1. The minimum Gasteiger partial charge on any atom is -0.369 e. The summed E-state index contributed by atoms with van der Waals surface area (Å²) in [5.74, 6) is -6.33. The van der Waals surface area contributed by atoms with Crippen LogP contribution in [0.3, 0.4) is 0 Å².